The van der Waals surface area contributed by atoms with E-state index in [0.717, 1.165) is 11.1 Å². The molecule has 0 bridgehead atoms. The third kappa shape index (κ3) is 5.66. The van der Waals surface area contributed by atoms with E-state index in [2.05, 4.69) is 12.0 Å². The highest BCUT2D eigenvalue weighted by Gasteiger charge is 2.51. The summed E-state index contributed by atoms with van der Waals surface area (Å²) >= 11 is 0. The zero-order valence-electron chi connectivity index (χ0n) is 17.5. The predicted octanol–water partition coefficient (Wildman–Crippen LogP) is 0.701. The van der Waals surface area contributed by atoms with E-state index >= 15 is 0 Å². The molecule has 166 valence electrons. The molecule has 1 saturated heterocycles. The van der Waals surface area contributed by atoms with Crippen LogP contribution in [0.3, 0.4) is 0 Å². The minimum atomic E-state index is -1.34. The Labute approximate surface area is 177 Å². The predicted molar refractivity (Wildman–Crippen MR) is 110 cm³/mol. The van der Waals surface area contributed by atoms with Crippen LogP contribution in [0.4, 0.5) is 0 Å². The largest absolute Gasteiger partial charge is 0.390 e. The van der Waals surface area contributed by atoms with Gasteiger partial charge in [-0.05, 0) is 12.5 Å². The van der Waals surface area contributed by atoms with Crippen molar-refractivity contribution in [3.8, 4) is 0 Å². The molecule has 0 unspecified atom stereocenters. The number of carbonyl (C=O) groups excluding carboxylic acids is 1. The summed E-state index contributed by atoms with van der Waals surface area (Å²) in [5.41, 5.74) is 3.59. The minimum Gasteiger partial charge on any atom is -0.390 e. The minimum absolute atomic E-state index is 0.0237. The Balaban J connectivity index is 1.80. The summed E-state index contributed by atoms with van der Waals surface area (Å²) in [4.78, 5) is 13.4. The molecular weight excluding hydrogens is 388 g/mol. The number of aliphatic hydroxyl groups excluding tert-OH is 2. The highest BCUT2D eigenvalue weighted by molar-refractivity contribution is 5.85. The standard InChI is InChI=1S/C22H32N2O6/c1-3-9-29-19-14-22(13-18(25)20(19)26,21(27)23-24-7-10-28-11-8-24)30-15-17-6-4-5-16(2)12-17/h3-6,12,18-20,25-26H,1,7-11,13-15H2,2H3,(H,23,27)/t18-,19+,20-,22+/m1/s1. The van der Waals surface area contributed by atoms with Crippen LogP contribution in [0.2, 0.25) is 0 Å². The number of benzene rings is 1. The molecule has 1 amide bonds. The molecule has 2 fully saturated rings. The number of amides is 1. The van der Waals surface area contributed by atoms with E-state index in [1.165, 1.54) is 0 Å². The SMILES string of the molecule is C=CCO[C@H]1C[C@](OCc2cccc(C)c2)(C(=O)NN2CCOCC2)C[C@@H](O)[C@H]1O. The summed E-state index contributed by atoms with van der Waals surface area (Å²) < 4.78 is 17.2. The Kier molecular flexibility index (Phi) is 7.99. The van der Waals surface area contributed by atoms with Crippen molar-refractivity contribution in [1.82, 2.24) is 10.4 Å². The first-order valence-corrected chi connectivity index (χ1v) is 10.4. The fourth-order valence-corrected chi connectivity index (χ4v) is 3.90. The van der Waals surface area contributed by atoms with Crippen LogP contribution in [0.15, 0.2) is 36.9 Å². The van der Waals surface area contributed by atoms with Gasteiger partial charge in [0.1, 0.15) is 6.10 Å². The first-order chi connectivity index (χ1) is 14.4. The van der Waals surface area contributed by atoms with Gasteiger partial charge in [-0.3, -0.25) is 10.2 Å². The normalized spacial score (nSPS) is 30.0. The van der Waals surface area contributed by atoms with Crippen LogP contribution < -0.4 is 5.43 Å². The second kappa shape index (κ2) is 10.5. The van der Waals surface area contributed by atoms with Gasteiger partial charge in [0, 0.05) is 25.9 Å². The molecule has 1 heterocycles. The van der Waals surface area contributed by atoms with Crippen molar-refractivity contribution in [2.75, 3.05) is 32.9 Å². The van der Waals surface area contributed by atoms with E-state index < -0.39 is 23.9 Å². The highest BCUT2D eigenvalue weighted by Crippen LogP contribution is 2.35. The highest BCUT2D eigenvalue weighted by atomic mass is 16.5. The molecule has 0 radical (unpaired) electrons. The average molecular weight is 421 g/mol. The van der Waals surface area contributed by atoms with Crippen LogP contribution in [0.25, 0.3) is 0 Å². The molecule has 1 aromatic rings. The van der Waals surface area contributed by atoms with Crippen molar-refractivity contribution in [1.29, 1.82) is 0 Å². The Morgan fingerprint density at radius 3 is 2.83 bits per heavy atom. The molecule has 1 saturated carbocycles. The number of hydrogen-bond acceptors (Lipinski definition) is 7. The van der Waals surface area contributed by atoms with Gasteiger partial charge in [-0.15, -0.1) is 6.58 Å². The quantitative estimate of drug-likeness (QED) is 0.532. The lowest BCUT2D eigenvalue weighted by molar-refractivity contribution is -0.200. The van der Waals surface area contributed by atoms with E-state index in [1.807, 2.05) is 31.2 Å². The molecule has 1 aliphatic heterocycles. The number of hydrogen-bond donors (Lipinski definition) is 3. The van der Waals surface area contributed by atoms with Crippen LogP contribution >= 0.6 is 0 Å². The van der Waals surface area contributed by atoms with Crippen LogP contribution in [0, 0.1) is 6.92 Å². The van der Waals surface area contributed by atoms with Crippen molar-refractivity contribution in [3.05, 3.63) is 48.0 Å². The first kappa shape index (κ1) is 22.9. The van der Waals surface area contributed by atoms with E-state index in [1.54, 1.807) is 11.1 Å². The van der Waals surface area contributed by atoms with Gasteiger partial charge in [-0.25, -0.2) is 5.01 Å². The second-order valence-electron chi connectivity index (χ2n) is 7.94. The van der Waals surface area contributed by atoms with Crippen molar-refractivity contribution < 1.29 is 29.2 Å². The van der Waals surface area contributed by atoms with Gasteiger partial charge >= 0.3 is 0 Å². The molecule has 3 rings (SSSR count). The number of aryl methyl sites for hydroxylation is 1. The average Bonchev–Trinajstić information content (AvgIpc) is 2.74. The van der Waals surface area contributed by atoms with Crippen LogP contribution in [0.5, 0.6) is 0 Å². The summed E-state index contributed by atoms with van der Waals surface area (Å²) in [7, 11) is 0. The lowest BCUT2D eigenvalue weighted by Gasteiger charge is -2.44. The molecule has 8 nitrogen and oxygen atoms in total. The van der Waals surface area contributed by atoms with Gasteiger partial charge in [0.15, 0.2) is 5.60 Å². The monoisotopic (exact) mass is 420 g/mol. The van der Waals surface area contributed by atoms with Gasteiger partial charge in [0.05, 0.1) is 38.6 Å². The molecule has 1 aliphatic carbocycles. The number of nitrogens with one attached hydrogen (secondary N) is 1. The molecule has 1 aromatic carbocycles. The molecular formula is C22H32N2O6. The second-order valence-corrected chi connectivity index (χ2v) is 7.94. The number of hydrazine groups is 1. The van der Waals surface area contributed by atoms with Crippen LogP contribution in [-0.2, 0) is 25.6 Å². The number of carbonyl (C=O) groups is 1. The Hall–Kier alpha value is -1.81. The molecule has 8 heteroatoms. The van der Waals surface area contributed by atoms with Gasteiger partial charge in [-0.2, -0.15) is 0 Å². The Morgan fingerprint density at radius 2 is 2.13 bits per heavy atom. The third-order valence-corrected chi connectivity index (χ3v) is 5.56. The summed E-state index contributed by atoms with van der Waals surface area (Å²) in [5.74, 6) is -0.352. The van der Waals surface area contributed by atoms with Gasteiger partial charge < -0.3 is 24.4 Å². The molecule has 0 spiro atoms. The maximum absolute atomic E-state index is 13.4. The maximum Gasteiger partial charge on any atom is 0.266 e. The molecule has 2 aliphatic rings. The number of nitrogens with zero attached hydrogens (tertiary/aromatic N) is 1. The smallest absolute Gasteiger partial charge is 0.266 e. The molecule has 30 heavy (non-hydrogen) atoms. The number of rotatable bonds is 8. The zero-order chi connectivity index (χ0) is 21.6. The lowest BCUT2D eigenvalue weighted by Crippen LogP contribution is -2.63. The summed E-state index contributed by atoms with van der Waals surface area (Å²) in [6.07, 6.45) is -1.33. The van der Waals surface area contributed by atoms with Crippen molar-refractivity contribution in [3.63, 3.8) is 0 Å². The lowest BCUT2D eigenvalue weighted by atomic mass is 9.78. The Bertz CT molecular complexity index is 723. The summed E-state index contributed by atoms with van der Waals surface area (Å²) in [5, 5.41) is 22.7. The number of morpholine rings is 1. The van der Waals surface area contributed by atoms with Gasteiger partial charge in [0.25, 0.3) is 5.91 Å². The fraction of sp³-hybridized carbons (Fsp3) is 0.591. The van der Waals surface area contributed by atoms with Crippen LogP contribution in [0.1, 0.15) is 24.0 Å². The van der Waals surface area contributed by atoms with E-state index in [0.29, 0.717) is 26.3 Å². The fourth-order valence-electron chi connectivity index (χ4n) is 3.90. The summed E-state index contributed by atoms with van der Waals surface area (Å²) in [6, 6.07) is 7.85. The van der Waals surface area contributed by atoms with Gasteiger partial charge in [0.2, 0.25) is 0 Å². The van der Waals surface area contributed by atoms with E-state index in [-0.39, 0.29) is 32.0 Å². The van der Waals surface area contributed by atoms with E-state index in [4.69, 9.17) is 14.2 Å². The number of aliphatic hydroxyl groups is 2. The third-order valence-electron chi connectivity index (χ3n) is 5.56. The zero-order valence-corrected chi connectivity index (χ0v) is 17.5. The molecule has 0 aromatic heterocycles. The number of ether oxygens (including phenoxy) is 3. The van der Waals surface area contributed by atoms with Crippen molar-refractivity contribution in [2.45, 2.75) is 50.3 Å². The van der Waals surface area contributed by atoms with Crippen molar-refractivity contribution >= 4 is 5.91 Å². The van der Waals surface area contributed by atoms with Crippen LogP contribution in [-0.4, -0.2) is 78.0 Å². The molecule has 3 N–H and O–H groups in total. The Morgan fingerprint density at radius 1 is 1.37 bits per heavy atom. The van der Waals surface area contributed by atoms with Crippen molar-refractivity contribution in [2.24, 2.45) is 0 Å². The first-order valence-electron chi connectivity index (χ1n) is 10.4. The maximum atomic E-state index is 13.4. The van der Waals surface area contributed by atoms with Gasteiger partial charge in [-0.1, -0.05) is 35.9 Å². The molecule has 4 atom stereocenters. The summed E-state index contributed by atoms with van der Waals surface area (Å²) in [6.45, 7) is 8.22. The van der Waals surface area contributed by atoms with E-state index in [9.17, 15) is 15.0 Å². The topological polar surface area (TPSA) is 100 Å².